The number of hydrogen-bond donors (Lipinski definition) is 2. The largest absolute Gasteiger partial charge is 0.376 e. The molecular formula is C16H19FN4O. The van der Waals surface area contributed by atoms with Crippen molar-refractivity contribution in [2.24, 2.45) is 0 Å². The molecule has 0 aliphatic carbocycles. The molecule has 0 radical (unpaired) electrons. The van der Waals surface area contributed by atoms with E-state index in [-0.39, 0.29) is 11.9 Å². The normalized spacial score (nSPS) is 17.4. The summed E-state index contributed by atoms with van der Waals surface area (Å²) in [5.74, 6) is 1.08. The maximum Gasteiger partial charge on any atom is 0.224 e. The van der Waals surface area contributed by atoms with Gasteiger partial charge < -0.3 is 15.4 Å². The van der Waals surface area contributed by atoms with E-state index in [9.17, 15) is 4.39 Å². The molecule has 0 spiro atoms. The van der Waals surface area contributed by atoms with Gasteiger partial charge in [-0.3, -0.25) is 0 Å². The summed E-state index contributed by atoms with van der Waals surface area (Å²) in [7, 11) is 0. The molecule has 22 heavy (non-hydrogen) atoms. The highest BCUT2D eigenvalue weighted by Gasteiger charge is 2.15. The van der Waals surface area contributed by atoms with E-state index in [0.717, 1.165) is 37.4 Å². The second-order valence-corrected chi connectivity index (χ2v) is 5.26. The Bertz CT molecular complexity index is 599. The highest BCUT2D eigenvalue weighted by Crippen LogP contribution is 2.13. The van der Waals surface area contributed by atoms with E-state index in [2.05, 4.69) is 20.6 Å². The lowest BCUT2D eigenvalue weighted by Crippen LogP contribution is -2.19. The molecule has 6 heteroatoms. The van der Waals surface area contributed by atoms with Gasteiger partial charge in [0.05, 0.1) is 6.10 Å². The van der Waals surface area contributed by atoms with E-state index in [4.69, 9.17) is 4.74 Å². The van der Waals surface area contributed by atoms with Crippen molar-refractivity contribution in [3.05, 3.63) is 47.9 Å². The van der Waals surface area contributed by atoms with Crippen molar-refractivity contribution in [2.45, 2.75) is 25.5 Å². The molecule has 1 unspecified atom stereocenters. The molecule has 1 aromatic carbocycles. The zero-order valence-electron chi connectivity index (χ0n) is 12.3. The topological polar surface area (TPSA) is 59.1 Å². The van der Waals surface area contributed by atoms with E-state index in [0.29, 0.717) is 12.5 Å². The Balaban J connectivity index is 1.52. The van der Waals surface area contributed by atoms with Crippen LogP contribution in [0, 0.1) is 5.82 Å². The zero-order chi connectivity index (χ0) is 15.2. The molecule has 0 bridgehead atoms. The van der Waals surface area contributed by atoms with E-state index < -0.39 is 0 Å². The van der Waals surface area contributed by atoms with Gasteiger partial charge in [0.2, 0.25) is 5.95 Å². The van der Waals surface area contributed by atoms with Crippen molar-refractivity contribution >= 4 is 11.8 Å². The third-order valence-electron chi connectivity index (χ3n) is 3.55. The summed E-state index contributed by atoms with van der Waals surface area (Å²) in [6.07, 6.45) is 4.15. The standard InChI is InChI=1S/C16H19FN4O/c17-13-5-3-12(4-6-13)10-19-15-7-8-18-16(21-15)20-11-14-2-1-9-22-14/h3-8,14H,1-2,9-11H2,(H2,18,19,20,21). The molecule has 1 aliphatic rings. The molecule has 0 saturated carbocycles. The molecule has 1 aromatic heterocycles. The number of hydrogen-bond acceptors (Lipinski definition) is 5. The number of anilines is 2. The fourth-order valence-electron chi connectivity index (χ4n) is 2.35. The van der Waals surface area contributed by atoms with Crippen LogP contribution in [-0.4, -0.2) is 29.2 Å². The summed E-state index contributed by atoms with van der Waals surface area (Å²) in [6.45, 7) is 2.15. The van der Waals surface area contributed by atoms with Crippen LogP contribution in [0.4, 0.5) is 16.2 Å². The maximum absolute atomic E-state index is 12.9. The fourth-order valence-corrected chi connectivity index (χ4v) is 2.35. The molecule has 1 fully saturated rings. The van der Waals surface area contributed by atoms with Crippen molar-refractivity contribution in [1.29, 1.82) is 0 Å². The van der Waals surface area contributed by atoms with E-state index in [1.165, 1.54) is 12.1 Å². The molecular weight excluding hydrogens is 283 g/mol. The summed E-state index contributed by atoms with van der Waals surface area (Å²) in [5.41, 5.74) is 0.994. The average molecular weight is 302 g/mol. The lowest BCUT2D eigenvalue weighted by molar-refractivity contribution is 0.120. The minimum absolute atomic E-state index is 0.230. The first-order valence-corrected chi connectivity index (χ1v) is 7.46. The molecule has 5 nitrogen and oxygen atoms in total. The Kier molecular flexibility index (Phi) is 4.80. The minimum Gasteiger partial charge on any atom is -0.376 e. The Morgan fingerprint density at radius 3 is 2.82 bits per heavy atom. The molecule has 116 valence electrons. The van der Waals surface area contributed by atoms with Crippen molar-refractivity contribution in [3.8, 4) is 0 Å². The number of halogens is 1. The van der Waals surface area contributed by atoms with Gasteiger partial charge in [0.25, 0.3) is 0 Å². The van der Waals surface area contributed by atoms with Gasteiger partial charge in [0, 0.05) is 25.9 Å². The predicted molar refractivity (Wildman–Crippen MR) is 83.2 cm³/mol. The summed E-state index contributed by atoms with van der Waals surface area (Å²) < 4.78 is 18.4. The molecule has 1 aliphatic heterocycles. The predicted octanol–water partition coefficient (Wildman–Crippen LogP) is 2.82. The van der Waals surface area contributed by atoms with Gasteiger partial charge in [-0.1, -0.05) is 12.1 Å². The molecule has 2 aromatic rings. The lowest BCUT2D eigenvalue weighted by atomic mass is 10.2. The Morgan fingerprint density at radius 2 is 2.05 bits per heavy atom. The monoisotopic (exact) mass is 302 g/mol. The van der Waals surface area contributed by atoms with E-state index >= 15 is 0 Å². The number of aromatic nitrogens is 2. The molecule has 3 rings (SSSR count). The number of rotatable bonds is 6. The maximum atomic E-state index is 12.9. The van der Waals surface area contributed by atoms with Gasteiger partial charge in [-0.2, -0.15) is 4.98 Å². The van der Waals surface area contributed by atoms with Gasteiger partial charge in [0.15, 0.2) is 0 Å². The zero-order valence-corrected chi connectivity index (χ0v) is 12.3. The quantitative estimate of drug-likeness (QED) is 0.859. The molecule has 0 amide bonds. The Labute approximate surface area is 128 Å². The second-order valence-electron chi connectivity index (χ2n) is 5.26. The average Bonchev–Trinajstić information content (AvgIpc) is 3.06. The number of nitrogens with zero attached hydrogens (tertiary/aromatic N) is 2. The van der Waals surface area contributed by atoms with Crippen LogP contribution in [0.1, 0.15) is 18.4 Å². The van der Waals surface area contributed by atoms with Crippen LogP contribution < -0.4 is 10.6 Å². The van der Waals surface area contributed by atoms with Gasteiger partial charge in [-0.05, 0) is 36.6 Å². The highest BCUT2D eigenvalue weighted by molar-refractivity contribution is 5.40. The van der Waals surface area contributed by atoms with Crippen LogP contribution in [0.5, 0.6) is 0 Å². The summed E-state index contributed by atoms with van der Waals surface area (Å²) in [4.78, 5) is 8.60. The first-order valence-electron chi connectivity index (χ1n) is 7.46. The van der Waals surface area contributed by atoms with Gasteiger partial charge in [0.1, 0.15) is 11.6 Å². The smallest absolute Gasteiger partial charge is 0.224 e. The van der Waals surface area contributed by atoms with Crippen LogP contribution >= 0.6 is 0 Å². The Morgan fingerprint density at radius 1 is 1.18 bits per heavy atom. The molecule has 2 heterocycles. The van der Waals surface area contributed by atoms with Crippen LogP contribution in [0.15, 0.2) is 36.5 Å². The second kappa shape index (κ2) is 7.17. The number of nitrogens with one attached hydrogen (secondary N) is 2. The lowest BCUT2D eigenvalue weighted by Gasteiger charge is -2.11. The van der Waals surface area contributed by atoms with Crippen molar-refractivity contribution in [1.82, 2.24) is 9.97 Å². The highest BCUT2D eigenvalue weighted by atomic mass is 19.1. The van der Waals surface area contributed by atoms with Crippen LogP contribution in [-0.2, 0) is 11.3 Å². The van der Waals surface area contributed by atoms with Crippen LogP contribution in [0.25, 0.3) is 0 Å². The number of benzene rings is 1. The van der Waals surface area contributed by atoms with Crippen LogP contribution in [0.3, 0.4) is 0 Å². The molecule has 1 atom stereocenters. The van der Waals surface area contributed by atoms with Gasteiger partial charge in [-0.15, -0.1) is 0 Å². The minimum atomic E-state index is -0.230. The van der Waals surface area contributed by atoms with E-state index in [1.807, 2.05) is 0 Å². The van der Waals surface area contributed by atoms with Gasteiger partial charge in [-0.25, -0.2) is 9.37 Å². The van der Waals surface area contributed by atoms with Crippen molar-refractivity contribution in [3.63, 3.8) is 0 Å². The number of ether oxygens (including phenoxy) is 1. The fraction of sp³-hybridized carbons (Fsp3) is 0.375. The summed E-state index contributed by atoms with van der Waals surface area (Å²) in [5, 5.41) is 6.40. The summed E-state index contributed by atoms with van der Waals surface area (Å²) in [6, 6.07) is 8.21. The third kappa shape index (κ3) is 4.14. The SMILES string of the molecule is Fc1ccc(CNc2ccnc(NCC3CCCO3)n2)cc1. The first-order chi connectivity index (χ1) is 10.8. The third-order valence-corrected chi connectivity index (χ3v) is 3.55. The van der Waals surface area contributed by atoms with Crippen molar-refractivity contribution in [2.75, 3.05) is 23.8 Å². The molecule has 1 saturated heterocycles. The summed E-state index contributed by atoms with van der Waals surface area (Å²) >= 11 is 0. The van der Waals surface area contributed by atoms with E-state index in [1.54, 1.807) is 24.4 Å². The molecule has 2 N–H and O–H groups in total. The first kappa shape index (κ1) is 14.7. The Hall–Kier alpha value is -2.21. The van der Waals surface area contributed by atoms with Gasteiger partial charge >= 0.3 is 0 Å². The van der Waals surface area contributed by atoms with Crippen molar-refractivity contribution < 1.29 is 9.13 Å². The van der Waals surface area contributed by atoms with Crippen LogP contribution in [0.2, 0.25) is 0 Å².